The number of nitrogens with two attached hydrogens (primary N) is 1. The molecule has 0 saturated heterocycles. The van der Waals surface area contributed by atoms with Gasteiger partial charge in [-0.3, -0.25) is 0 Å². The summed E-state index contributed by atoms with van der Waals surface area (Å²) in [7, 11) is 0. The van der Waals surface area contributed by atoms with E-state index in [9.17, 15) is 0 Å². The molecule has 3 rings (SSSR count). The van der Waals surface area contributed by atoms with E-state index >= 15 is 0 Å². The molecule has 1 aliphatic heterocycles. The van der Waals surface area contributed by atoms with Gasteiger partial charge in [-0.1, -0.05) is 30.3 Å². The summed E-state index contributed by atoms with van der Waals surface area (Å²) in [5, 5.41) is 4.24. The normalized spacial score (nSPS) is 18.9. The number of nitrogens with one attached hydrogen (secondary N) is 1. The lowest BCUT2D eigenvalue weighted by Gasteiger charge is -2.22. The van der Waals surface area contributed by atoms with E-state index in [2.05, 4.69) is 34.6 Å². The van der Waals surface area contributed by atoms with Crippen molar-refractivity contribution in [2.75, 3.05) is 12.3 Å². The number of rotatable bonds is 2. The van der Waals surface area contributed by atoms with Crippen molar-refractivity contribution in [3.8, 4) is 0 Å². The minimum atomic E-state index is 0.371. The van der Waals surface area contributed by atoms with Gasteiger partial charge in [-0.05, 0) is 12.0 Å². The van der Waals surface area contributed by atoms with Gasteiger partial charge < -0.3 is 11.1 Å². The highest BCUT2D eigenvalue weighted by atomic mass is 32.1. The van der Waals surface area contributed by atoms with Crippen molar-refractivity contribution < 1.29 is 0 Å². The van der Waals surface area contributed by atoms with Gasteiger partial charge in [0.2, 0.25) is 0 Å². The number of fused-ring (bicyclic) bond motifs is 1. The Labute approximate surface area is 105 Å². The summed E-state index contributed by atoms with van der Waals surface area (Å²) in [6.07, 6.45) is 2.00. The molecule has 1 aliphatic rings. The first-order valence-corrected chi connectivity index (χ1v) is 6.67. The molecule has 2 heterocycles. The first kappa shape index (κ1) is 10.7. The summed E-state index contributed by atoms with van der Waals surface area (Å²) in [5.41, 5.74) is 8.33. The average molecular weight is 245 g/mol. The third-order valence-corrected chi connectivity index (χ3v) is 4.14. The van der Waals surface area contributed by atoms with Crippen LogP contribution in [0.1, 0.15) is 22.2 Å². The highest BCUT2D eigenvalue weighted by Crippen LogP contribution is 2.32. The van der Waals surface area contributed by atoms with E-state index in [1.165, 1.54) is 16.1 Å². The molecule has 0 bridgehead atoms. The monoisotopic (exact) mass is 245 g/mol. The molecule has 1 atom stereocenters. The Bertz CT molecular complexity index is 507. The van der Waals surface area contributed by atoms with Crippen LogP contribution in [0.4, 0.5) is 5.13 Å². The van der Waals surface area contributed by atoms with E-state index in [4.69, 9.17) is 5.73 Å². The highest BCUT2D eigenvalue weighted by molar-refractivity contribution is 7.15. The average Bonchev–Trinajstić information content (AvgIpc) is 2.72. The van der Waals surface area contributed by atoms with Gasteiger partial charge in [0.25, 0.3) is 0 Å². The molecular formula is C13H15N3S. The highest BCUT2D eigenvalue weighted by Gasteiger charge is 2.23. The first-order chi connectivity index (χ1) is 8.33. The predicted octanol–water partition coefficient (Wildman–Crippen LogP) is 2.15. The third kappa shape index (κ3) is 2.18. The molecule has 0 aliphatic carbocycles. The number of thiazole rings is 1. The molecule has 3 nitrogen and oxygen atoms in total. The van der Waals surface area contributed by atoms with E-state index < -0.39 is 0 Å². The molecule has 1 unspecified atom stereocenters. The van der Waals surface area contributed by atoms with Gasteiger partial charge in [0.1, 0.15) is 0 Å². The van der Waals surface area contributed by atoms with Crippen molar-refractivity contribution in [2.45, 2.75) is 18.9 Å². The fourth-order valence-corrected chi connectivity index (χ4v) is 3.26. The minimum Gasteiger partial charge on any atom is -0.375 e. The Hall–Kier alpha value is -1.39. The predicted molar refractivity (Wildman–Crippen MR) is 71.1 cm³/mol. The fraction of sp³-hybridized carbons (Fsp3) is 0.308. The summed E-state index contributed by atoms with van der Waals surface area (Å²) in [5.74, 6) is 0. The lowest BCUT2D eigenvalue weighted by atomic mass is 10.0. The van der Waals surface area contributed by atoms with Crippen LogP contribution < -0.4 is 11.1 Å². The number of nitrogen functional groups attached to an aromatic ring is 1. The van der Waals surface area contributed by atoms with Crippen LogP contribution in [-0.2, 0) is 12.8 Å². The van der Waals surface area contributed by atoms with Gasteiger partial charge in [0.15, 0.2) is 5.13 Å². The molecular weight excluding hydrogens is 230 g/mol. The van der Waals surface area contributed by atoms with E-state index in [0.29, 0.717) is 11.2 Å². The lowest BCUT2D eigenvalue weighted by Crippen LogP contribution is -2.30. The number of hydrogen-bond acceptors (Lipinski definition) is 4. The molecule has 1 aromatic carbocycles. The Balaban J connectivity index is 1.86. The summed E-state index contributed by atoms with van der Waals surface area (Å²) >= 11 is 1.62. The quantitative estimate of drug-likeness (QED) is 0.852. The maximum absolute atomic E-state index is 5.79. The SMILES string of the molecule is Nc1nc2c(s1)C(Cc1ccccc1)NCC2. The molecule has 3 N–H and O–H groups in total. The number of hydrogen-bond donors (Lipinski definition) is 2. The molecule has 0 fully saturated rings. The second-order valence-corrected chi connectivity index (χ2v) is 5.37. The van der Waals surface area contributed by atoms with E-state index in [1.54, 1.807) is 11.3 Å². The van der Waals surface area contributed by atoms with Crippen LogP contribution >= 0.6 is 11.3 Å². The Morgan fingerprint density at radius 1 is 1.35 bits per heavy atom. The Morgan fingerprint density at radius 3 is 3.00 bits per heavy atom. The minimum absolute atomic E-state index is 0.371. The topological polar surface area (TPSA) is 50.9 Å². The van der Waals surface area contributed by atoms with Crippen molar-refractivity contribution in [3.05, 3.63) is 46.5 Å². The van der Waals surface area contributed by atoms with Crippen LogP contribution in [0.3, 0.4) is 0 Å². The first-order valence-electron chi connectivity index (χ1n) is 5.85. The summed E-state index contributed by atoms with van der Waals surface area (Å²) in [6.45, 7) is 0.994. The maximum atomic E-state index is 5.79. The van der Waals surface area contributed by atoms with Gasteiger partial charge in [0.05, 0.1) is 5.69 Å². The number of benzene rings is 1. The number of nitrogens with zero attached hydrogens (tertiary/aromatic N) is 1. The molecule has 0 spiro atoms. The van der Waals surface area contributed by atoms with Crippen molar-refractivity contribution in [2.24, 2.45) is 0 Å². The maximum Gasteiger partial charge on any atom is 0.180 e. The standard InChI is InChI=1S/C13H15N3S/c14-13-16-10-6-7-15-11(12(10)17-13)8-9-4-2-1-3-5-9/h1-5,11,15H,6-8H2,(H2,14,16). The van der Waals surface area contributed by atoms with E-state index in [1.807, 2.05) is 6.07 Å². The molecule has 1 aromatic heterocycles. The number of aromatic nitrogens is 1. The zero-order chi connectivity index (χ0) is 11.7. The lowest BCUT2D eigenvalue weighted by molar-refractivity contribution is 0.507. The van der Waals surface area contributed by atoms with Gasteiger partial charge in [-0.2, -0.15) is 0 Å². The molecule has 17 heavy (non-hydrogen) atoms. The van der Waals surface area contributed by atoms with Gasteiger partial charge in [0, 0.05) is 23.9 Å². The zero-order valence-electron chi connectivity index (χ0n) is 9.52. The molecule has 4 heteroatoms. The molecule has 0 radical (unpaired) electrons. The Morgan fingerprint density at radius 2 is 2.18 bits per heavy atom. The molecule has 2 aromatic rings. The van der Waals surface area contributed by atoms with Gasteiger partial charge >= 0.3 is 0 Å². The summed E-state index contributed by atoms with van der Waals surface area (Å²) < 4.78 is 0. The van der Waals surface area contributed by atoms with Crippen LogP contribution in [0.15, 0.2) is 30.3 Å². The van der Waals surface area contributed by atoms with Gasteiger partial charge in [-0.25, -0.2) is 4.98 Å². The van der Waals surface area contributed by atoms with Crippen LogP contribution in [0, 0.1) is 0 Å². The number of anilines is 1. The molecule has 0 saturated carbocycles. The van der Waals surface area contributed by atoms with E-state index in [-0.39, 0.29) is 0 Å². The second kappa shape index (κ2) is 4.47. The summed E-state index contributed by atoms with van der Waals surface area (Å²) in [4.78, 5) is 5.72. The van der Waals surface area contributed by atoms with Crippen molar-refractivity contribution in [3.63, 3.8) is 0 Å². The van der Waals surface area contributed by atoms with Gasteiger partial charge in [-0.15, -0.1) is 11.3 Å². The van der Waals surface area contributed by atoms with Crippen LogP contribution in [0.25, 0.3) is 0 Å². The van der Waals surface area contributed by atoms with Crippen LogP contribution in [0.2, 0.25) is 0 Å². The fourth-order valence-electron chi connectivity index (χ4n) is 2.31. The van der Waals surface area contributed by atoms with Crippen molar-refractivity contribution >= 4 is 16.5 Å². The van der Waals surface area contributed by atoms with Crippen LogP contribution in [-0.4, -0.2) is 11.5 Å². The zero-order valence-corrected chi connectivity index (χ0v) is 10.3. The molecule has 88 valence electrons. The Kier molecular flexibility index (Phi) is 2.82. The third-order valence-electron chi connectivity index (χ3n) is 3.10. The van der Waals surface area contributed by atoms with Crippen molar-refractivity contribution in [1.29, 1.82) is 0 Å². The van der Waals surface area contributed by atoms with Crippen LogP contribution in [0.5, 0.6) is 0 Å². The smallest absolute Gasteiger partial charge is 0.180 e. The second-order valence-electron chi connectivity index (χ2n) is 4.31. The summed E-state index contributed by atoms with van der Waals surface area (Å²) in [6, 6.07) is 10.9. The van der Waals surface area contributed by atoms with E-state index in [0.717, 1.165) is 19.4 Å². The largest absolute Gasteiger partial charge is 0.375 e. The molecule has 0 amide bonds. The van der Waals surface area contributed by atoms with Crippen molar-refractivity contribution in [1.82, 2.24) is 10.3 Å².